The SMILES string of the molecule is CCC1CCCCN1C(=O)C=Cc1ccc(C)cc1. The minimum atomic E-state index is 0.159. The number of aryl methyl sites for hydroxylation is 1. The van der Waals surface area contributed by atoms with Crippen LogP contribution in [-0.2, 0) is 4.79 Å². The Hall–Kier alpha value is -1.57. The molecule has 2 heteroatoms. The highest BCUT2D eigenvalue weighted by Gasteiger charge is 2.23. The summed E-state index contributed by atoms with van der Waals surface area (Å²) in [5.74, 6) is 0.159. The van der Waals surface area contributed by atoms with Crippen molar-refractivity contribution >= 4 is 12.0 Å². The number of nitrogens with zero attached hydrogens (tertiary/aromatic N) is 1. The van der Waals surface area contributed by atoms with Crippen LogP contribution in [0.3, 0.4) is 0 Å². The van der Waals surface area contributed by atoms with Crippen LogP contribution in [-0.4, -0.2) is 23.4 Å². The largest absolute Gasteiger partial charge is 0.336 e. The third kappa shape index (κ3) is 3.69. The molecule has 0 aromatic heterocycles. The molecule has 0 N–H and O–H groups in total. The molecule has 1 aromatic carbocycles. The van der Waals surface area contributed by atoms with Crippen molar-refractivity contribution in [2.75, 3.05) is 6.54 Å². The molecule has 1 unspecified atom stereocenters. The van der Waals surface area contributed by atoms with Crippen LogP contribution in [0.15, 0.2) is 30.3 Å². The fourth-order valence-corrected chi connectivity index (χ4v) is 2.66. The van der Waals surface area contributed by atoms with Crippen LogP contribution < -0.4 is 0 Å². The van der Waals surface area contributed by atoms with Gasteiger partial charge in [0.2, 0.25) is 5.91 Å². The van der Waals surface area contributed by atoms with Crippen molar-refractivity contribution in [1.29, 1.82) is 0 Å². The zero-order chi connectivity index (χ0) is 13.7. The van der Waals surface area contributed by atoms with Gasteiger partial charge in [-0.2, -0.15) is 0 Å². The van der Waals surface area contributed by atoms with Crippen molar-refractivity contribution in [3.63, 3.8) is 0 Å². The number of hydrogen-bond acceptors (Lipinski definition) is 1. The van der Waals surface area contributed by atoms with Crippen LogP contribution in [0.2, 0.25) is 0 Å². The second-order valence-electron chi connectivity index (χ2n) is 5.33. The van der Waals surface area contributed by atoms with E-state index >= 15 is 0 Å². The molecule has 1 aromatic rings. The molecule has 0 aliphatic carbocycles. The number of amides is 1. The average Bonchev–Trinajstić information content (AvgIpc) is 2.46. The Kier molecular flexibility index (Phi) is 4.78. The van der Waals surface area contributed by atoms with E-state index in [1.54, 1.807) is 6.08 Å². The lowest BCUT2D eigenvalue weighted by Crippen LogP contribution is -2.42. The minimum Gasteiger partial charge on any atom is -0.336 e. The van der Waals surface area contributed by atoms with E-state index in [-0.39, 0.29) is 5.91 Å². The molecule has 1 amide bonds. The molecular weight excluding hydrogens is 234 g/mol. The van der Waals surface area contributed by atoms with E-state index in [1.807, 2.05) is 23.1 Å². The second kappa shape index (κ2) is 6.55. The lowest BCUT2D eigenvalue weighted by atomic mass is 10.00. The lowest BCUT2D eigenvalue weighted by molar-refractivity contribution is -0.129. The Morgan fingerprint density at radius 3 is 2.74 bits per heavy atom. The van der Waals surface area contributed by atoms with Crippen molar-refractivity contribution in [2.24, 2.45) is 0 Å². The maximum atomic E-state index is 12.2. The Morgan fingerprint density at radius 1 is 1.32 bits per heavy atom. The van der Waals surface area contributed by atoms with Crippen molar-refractivity contribution in [2.45, 2.75) is 45.6 Å². The Morgan fingerprint density at radius 2 is 2.05 bits per heavy atom. The summed E-state index contributed by atoms with van der Waals surface area (Å²) in [6.07, 6.45) is 8.25. The number of likely N-dealkylation sites (tertiary alicyclic amines) is 1. The molecule has 1 aliphatic rings. The quantitative estimate of drug-likeness (QED) is 0.754. The monoisotopic (exact) mass is 257 g/mol. The summed E-state index contributed by atoms with van der Waals surface area (Å²) in [6.45, 7) is 5.15. The lowest BCUT2D eigenvalue weighted by Gasteiger charge is -2.34. The van der Waals surface area contributed by atoms with E-state index in [0.29, 0.717) is 6.04 Å². The smallest absolute Gasteiger partial charge is 0.246 e. The molecule has 0 saturated carbocycles. The number of benzene rings is 1. The predicted molar refractivity (Wildman–Crippen MR) is 79.9 cm³/mol. The zero-order valence-corrected chi connectivity index (χ0v) is 11.9. The van der Waals surface area contributed by atoms with Gasteiger partial charge in [0.05, 0.1) is 0 Å². The fourth-order valence-electron chi connectivity index (χ4n) is 2.66. The first-order valence-electron chi connectivity index (χ1n) is 7.26. The highest BCUT2D eigenvalue weighted by Crippen LogP contribution is 2.20. The molecule has 2 rings (SSSR count). The van der Waals surface area contributed by atoms with Crippen molar-refractivity contribution in [1.82, 2.24) is 4.90 Å². The topological polar surface area (TPSA) is 20.3 Å². The van der Waals surface area contributed by atoms with Gasteiger partial charge in [-0.15, -0.1) is 0 Å². The first kappa shape index (κ1) is 13.9. The van der Waals surface area contributed by atoms with Crippen LogP contribution >= 0.6 is 0 Å². The molecular formula is C17H23NO. The third-order valence-electron chi connectivity index (χ3n) is 3.88. The summed E-state index contributed by atoms with van der Waals surface area (Å²) in [5, 5.41) is 0. The molecule has 0 spiro atoms. The zero-order valence-electron chi connectivity index (χ0n) is 11.9. The van der Waals surface area contributed by atoms with E-state index in [0.717, 1.165) is 31.4 Å². The summed E-state index contributed by atoms with van der Waals surface area (Å²) >= 11 is 0. The van der Waals surface area contributed by atoms with Crippen LogP contribution in [0.1, 0.15) is 43.7 Å². The van der Waals surface area contributed by atoms with E-state index in [2.05, 4.69) is 26.0 Å². The van der Waals surface area contributed by atoms with Gasteiger partial charge in [0.15, 0.2) is 0 Å². The molecule has 19 heavy (non-hydrogen) atoms. The molecule has 0 bridgehead atoms. The number of hydrogen-bond donors (Lipinski definition) is 0. The Labute approximate surface area is 116 Å². The van der Waals surface area contributed by atoms with E-state index < -0.39 is 0 Å². The van der Waals surface area contributed by atoms with Crippen LogP contribution in [0.25, 0.3) is 6.08 Å². The number of rotatable bonds is 3. The highest BCUT2D eigenvalue weighted by molar-refractivity contribution is 5.92. The predicted octanol–water partition coefficient (Wildman–Crippen LogP) is 3.80. The summed E-state index contributed by atoms with van der Waals surface area (Å²) in [5.41, 5.74) is 2.33. The van der Waals surface area contributed by atoms with Crippen LogP contribution in [0.4, 0.5) is 0 Å². The summed E-state index contributed by atoms with van der Waals surface area (Å²) in [4.78, 5) is 14.3. The summed E-state index contributed by atoms with van der Waals surface area (Å²) in [6, 6.07) is 8.67. The first-order chi connectivity index (χ1) is 9.20. The van der Waals surface area contributed by atoms with Gasteiger partial charge >= 0.3 is 0 Å². The molecule has 0 radical (unpaired) electrons. The Balaban J connectivity index is 2.01. The minimum absolute atomic E-state index is 0.159. The van der Waals surface area contributed by atoms with Crippen molar-refractivity contribution < 1.29 is 4.79 Å². The van der Waals surface area contributed by atoms with Gasteiger partial charge in [-0.05, 0) is 44.2 Å². The maximum absolute atomic E-state index is 12.2. The maximum Gasteiger partial charge on any atom is 0.246 e. The molecule has 1 heterocycles. The van der Waals surface area contributed by atoms with Gasteiger partial charge in [0.25, 0.3) is 0 Å². The van der Waals surface area contributed by atoms with Crippen molar-refractivity contribution in [3.8, 4) is 0 Å². The highest BCUT2D eigenvalue weighted by atomic mass is 16.2. The van der Waals surface area contributed by atoms with Crippen LogP contribution in [0.5, 0.6) is 0 Å². The van der Waals surface area contributed by atoms with E-state index in [9.17, 15) is 4.79 Å². The van der Waals surface area contributed by atoms with Crippen LogP contribution in [0, 0.1) is 6.92 Å². The average molecular weight is 257 g/mol. The van der Waals surface area contributed by atoms with E-state index in [1.165, 1.54) is 12.0 Å². The van der Waals surface area contributed by atoms with Crippen molar-refractivity contribution in [3.05, 3.63) is 41.5 Å². The number of carbonyl (C=O) groups excluding carboxylic acids is 1. The van der Waals surface area contributed by atoms with Gasteiger partial charge in [0, 0.05) is 18.7 Å². The molecule has 1 atom stereocenters. The fraction of sp³-hybridized carbons (Fsp3) is 0.471. The van der Waals surface area contributed by atoms with Gasteiger partial charge in [-0.1, -0.05) is 36.8 Å². The molecule has 1 saturated heterocycles. The standard InChI is InChI=1S/C17H23NO/c1-3-16-6-4-5-13-18(16)17(19)12-11-15-9-7-14(2)8-10-15/h7-12,16H,3-6,13H2,1-2H3. The molecule has 102 valence electrons. The third-order valence-corrected chi connectivity index (χ3v) is 3.88. The summed E-state index contributed by atoms with van der Waals surface area (Å²) < 4.78 is 0. The molecule has 1 fully saturated rings. The van der Waals surface area contributed by atoms with Gasteiger partial charge in [-0.25, -0.2) is 0 Å². The summed E-state index contributed by atoms with van der Waals surface area (Å²) in [7, 11) is 0. The van der Waals surface area contributed by atoms with Gasteiger partial charge in [-0.3, -0.25) is 4.79 Å². The molecule has 1 aliphatic heterocycles. The Bertz CT molecular complexity index is 447. The normalized spacial score (nSPS) is 19.9. The number of carbonyl (C=O) groups is 1. The molecule has 2 nitrogen and oxygen atoms in total. The van der Waals surface area contributed by atoms with Gasteiger partial charge < -0.3 is 4.90 Å². The van der Waals surface area contributed by atoms with Gasteiger partial charge in [0.1, 0.15) is 0 Å². The first-order valence-corrected chi connectivity index (χ1v) is 7.26. The van der Waals surface area contributed by atoms with E-state index in [4.69, 9.17) is 0 Å². The number of piperidine rings is 1. The second-order valence-corrected chi connectivity index (χ2v) is 5.33.